The Morgan fingerprint density at radius 3 is 2.30 bits per heavy atom. The van der Waals surface area contributed by atoms with Crippen molar-refractivity contribution >= 4 is 17.6 Å². The lowest BCUT2D eigenvalue weighted by Crippen LogP contribution is -3.00. The second-order valence-corrected chi connectivity index (χ2v) is 8.30. The van der Waals surface area contributed by atoms with Crippen LogP contribution in [-0.4, -0.2) is 60.0 Å². The molecule has 1 aromatic heterocycles. The molecule has 0 saturated carbocycles. The van der Waals surface area contributed by atoms with E-state index in [9.17, 15) is 0 Å². The molecule has 3 rings (SSSR count). The van der Waals surface area contributed by atoms with Crippen molar-refractivity contribution in [2.75, 3.05) is 44.7 Å². The van der Waals surface area contributed by atoms with Crippen molar-refractivity contribution in [2.24, 2.45) is 0 Å². The van der Waals surface area contributed by atoms with Gasteiger partial charge in [-0.3, -0.25) is 0 Å². The lowest BCUT2D eigenvalue weighted by molar-refractivity contribution is -0.00000587. The summed E-state index contributed by atoms with van der Waals surface area (Å²) in [5.41, 5.74) is 1.02. The van der Waals surface area contributed by atoms with Crippen LogP contribution in [0.1, 0.15) is 20.8 Å². The van der Waals surface area contributed by atoms with Gasteiger partial charge in [-0.1, -0.05) is 20.8 Å². The molecule has 0 aliphatic carbocycles. The summed E-state index contributed by atoms with van der Waals surface area (Å²) in [6, 6.07) is 10.1. The molecule has 5 nitrogen and oxygen atoms in total. The molecule has 2 heterocycles. The quantitative estimate of drug-likeness (QED) is 0.521. The van der Waals surface area contributed by atoms with Crippen molar-refractivity contribution in [3.63, 3.8) is 0 Å². The summed E-state index contributed by atoms with van der Waals surface area (Å²) in [4.78, 5) is 14.5. The van der Waals surface area contributed by atoms with E-state index in [4.69, 9.17) is 14.7 Å². The third-order valence-corrected chi connectivity index (χ3v) is 5.46. The second kappa shape index (κ2) is 10.2. The number of methoxy groups -OCH3 is 1. The van der Waals surface area contributed by atoms with E-state index in [-0.39, 0.29) is 12.4 Å². The topological polar surface area (TPSA) is 41.5 Å². The van der Waals surface area contributed by atoms with Crippen LogP contribution in [0.25, 0.3) is 11.4 Å². The van der Waals surface area contributed by atoms with Gasteiger partial charge in [0.25, 0.3) is 0 Å². The largest absolute Gasteiger partial charge is 1.00 e. The van der Waals surface area contributed by atoms with Gasteiger partial charge in [0.15, 0.2) is 5.82 Å². The zero-order valence-corrected chi connectivity index (χ0v) is 18.1. The molecule has 27 heavy (non-hydrogen) atoms. The zero-order valence-electron chi connectivity index (χ0n) is 16.5. The lowest BCUT2D eigenvalue weighted by atomic mass is 10.2. The van der Waals surface area contributed by atoms with E-state index in [2.05, 4.69) is 36.6 Å². The van der Waals surface area contributed by atoms with Crippen LogP contribution in [0, 0.1) is 0 Å². The number of hydrogen-bond donors (Lipinski definition) is 0. The number of anilines is 1. The van der Waals surface area contributed by atoms with Crippen LogP contribution >= 0.6 is 11.8 Å². The highest BCUT2D eigenvalue weighted by atomic mass is 35.5. The van der Waals surface area contributed by atoms with E-state index in [0.717, 1.165) is 60.7 Å². The first-order valence-corrected chi connectivity index (χ1v) is 10.1. The molecular weight excluding hydrogens is 380 g/mol. The second-order valence-electron chi connectivity index (χ2n) is 6.70. The van der Waals surface area contributed by atoms with E-state index in [1.165, 1.54) is 0 Å². The fourth-order valence-electron chi connectivity index (χ4n) is 3.04. The standard InChI is InChI=1S/C20H28N4OS.ClH/c1-5-23-10-12-24(13-11-23)18-14-19(26-15(2)3)22-20(21-18)16-6-8-17(25-4)9-7-16;/h6-9,14-15H,5,10-13H2,1-4H3;1H/p-1. The molecular formula is C20H28ClN4OS-. The van der Waals surface area contributed by atoms with E-state index in [0.29, 0.717) is 5.25 Å². The van der Waals surface area contributed by atoms with Gasteiger partial charge in [-0.05, 0) is 30.8 Å². The van der Waals surface area contributed by atoms with Gasteiger partial charge >= 0.3 is 0 Å². The smallest absolute Gasteiger partial charge is 0.162 e. The first-order valence-electron chi connectivity index (χ1n) is 9.26. The number of ether oxygens (including phenoxy) is 1. The number of likely N-dealkylation sites (N-methyl/N-ethyl adjacent to an activating group) is 1. The maximum atomic E-state index is 5.26. The molecule has 0 N–H and O–H groups in total. The zero-order chi connectivity index (χ0) is 18.5. The van der Waals surface area contributed by atoms with E-state index >= 15 is 0 Å². The van der Waals surface area contributed by atoms with Crippen LogP contribution in [0.5, 0.6) is 5.75 Å². The van der Waals surface area contributed by atoms with Gasteiger partial charge in [0.05, 0.1) is 7.11 Å². The Morgan fingerprint density at radius 2 is 1.74 bits per heavy atom. The number of piperazine rings is 1. The minimum atomic E-state index is 0. The summed E-state index contributed by atoms with van der Waals surface area (Å²) in [5.74, 6) is 2.66. The van der Waals surface area contributed by atoms with Crippen LogP contribution < -0.4 is 22.0 Å². The average molecular weight is 408 g/mol. The third-order valence-electron chi connectivity index (χ3n) is 4.54. The highest BCUT2D eigenvalue weighted by molar-refractivity contribution is 7.99. The Morgan fingerprint density at radius 1 is 1.07 bits per heavy atom. The molecule has 1 aliphatic heterocycles. The molecule has 2 aromatic rings. The SMILES string of the molecule is CCN1CCN(c2cc(SC(C)C)nc(-c3ccc(OC)cc3)n2)CC1.[Cl-]. The number of nitrogens with zero attached hydrogens (tertiary/aromatic N) is 4. The highest BCUT2D eigenvalue weighted by Crippen LogP contribution is 2.29. The maximum absolute atomic E-state index is 5.26. The minimum absolute atomic E-state index is 0. The van der Waals surface area contributed by atoms with Crippen LogP contribution in [-0.2, 0) is 0 Å². The highest BCUT2D eigenvalue weighted by Gasteiger charge is 2.19. The average Bonchev–Trinajstić information content (AvgIpc) is 2.67. The number of hydrogen-bond acceptors (Lipinski definition) is 6. The monoisotopic (exact) mass is 407 g/mol. The Balaban J connectivity index is 0.00000261. The molecule has 0 atom stereocenters. The molecule has 7 heteroatoms. The molecule has 0 bridgehead atoms. The first-order chi connectivity index (χ1) is 12.6. The Labute approximate surface area is 172 Å². The van der Waals surface area contributed by atoms with Gasteiger partial charge in [-0.2, -0.15) is 0 Å². The predicted octanol–water partition coefficient (Wildman–Crippen LogP) is 0.799. The van der Waals surface area contributed by atoms with Crippen LogP contribution in [0.4, 0.5) is 5.82 Å². The fourth-order valence-corrected chi connectivity index (χ4v) is 3.83. The molecule has 0 amide bonds. The Hall–Kier alpha value is -1.50. The maximum Gasteiger partial charge on any atom is 0.162 e. The van der Waals surface area contributed by atoms with Gasteiger partial charge in [0.1, 0.15) is 16.6 Å². The summed E-state index contributed by atoms with van der Waals surface area (Å²) in [6.07, 6.45) is 0. The number of rotatable bonds is 6. The van der Waals surface area contributed by atoms with Crippen LogP contribution in [0.3, 0.4) is 0 Å². The van der Waals surface area contributed by atoms with E-state index in [1.54, 1.807) is 18.9 Å². The molecule has 1 fully saturated rings. The van der Waals surface area contributed by atoms with Crippen molar-refractivity contribution in [1.82, 2.24) is 14.9 Å². The van der Waals surface area contributed by atoms with Gasteiger partial charge in [-0.25, -0.2) is 9.97 Å². The molecule has 1 aliphatic rings. The Bertz CT molecular complexity index is 718. The lowest BCUT2D eigenvalue weighted by Gasteiger charge is -2.35. The van der Waals surface area contributed by atoms with Crippen LogP contribution in [0.2, 0.25) is 0 Å². The number of thioether (sulfide) groups is 1. The van der Waals surface area contributed by atoms with Crippen molar-refractivity contribution in [3.05, 3.63) is 30.3 Å². The number of halogens is 1. The predicted molar refractivity (Wildman–Crippen MR) is 109 cm³/mol. The van der Waals surface area contributed by atoms with Gasteiger partial charge in [-0.15, -0.1) is 11.8 Å². The normalized spacial score (nSPS) is 14.9. The van der Waals surface area contributed by atoms with E-state index in [1.807, 2.05) is 24.3 Å². The van der Waals surface area contributed by atoms with Gasteiger partial charge in [0.2, 0.25) is 0 Å². The summed E-state index contributed by atoms with van der Waals surface area (Å²) >= 11 is 1.79. The van der Waals surface area contributed by atoms with Crippen molar-refractivity contribution < 1.29 is 17.1 Å². The summed E-state index contributed by atoms with van der Waals surface area (Å²) in [6.45, 7) is 11.9. The third kappa shape index (κ3) is 5.74. The van der Waals surface area contributed by atoms with E-state index < -0.39 is 0 Å². The minimum Gasteiger partial charge on any atom is -1.00 e. The Kier molecular flexibility index (Phi) is 8.20. The van der Waals surface area contributed by atoms with Crippen LogP contribution in [0.15, 0.2) is 35.4 Å². The molecule has 0 spiro atoms. The molecule has 148 valence electrons. The van der Waals surface area contributed by atoms with Crippen molar-refractivity contribution in [2.45, 2.75) is 31.0 Å². The summed E-state index contributed by atoms with van der Waals surface area (Å²) < 4.78 is 5.26. The summed E-state index contributed by atoms with van der Waals surface area (Å²) in [7, 11) is 1.68. The van der Waals surface area contributed by atoms with Crippen molar-refractivity contribution in [3.8, 4) is 17.1 Å². The number of benzene rings is 1. The summed E-state index contributed by atoms with van der Waals surface area (Å²) in [5, 5.41) is 1.52. The fraction of sp³-hybridized carbons (Fsp3) is 0.500. The molecule has 1 saturated heterocycles. The van der Waals surface area contributed by atoms with Gasteiger partial charge in [0, 0.05) is 43.1 Å². The molecule has 1 aromatic carbocycles. The van der Waals surface area contributed by atoms with Gasteiger partial charge < -0.3 is 26.9 Å². The molecule has 0 unspecified atom stereocenters. The first kappa shape index (κ1) is 21.8. The van der Waals surface area contributed by atoms with Crippen molar-refractivity contribution in [1.29, 1.82) is 0 Å². The number of aromatic nitrogens is 2. The molecule has 0 radical (unpaired) electrons.